The van der Waals surface area contributed by atoms with E-state index in [0.29, 0.717) is 16.8 Å². The molecule has 0 aliphatic carbocycles. The highest BCUT2D eigenvalue weighted by Gasteiger charge is 2.21. The minimum absolute atomic E-state index is 0.153. The Hall–Kier alpha value is -3.41. The largest absolute Gasteiger partial charge is 0.618 e. The number of aryl methyl sites for hydroxylation is 1. The minimum atomic E-state index is -0.822. The van der Waals surface area contributed by atoms with Crippen LogP contribution in [0.4, 0.5) is 0 Å². The molecular weight excluding hydrogens is 344 g/mol. The molecule has 138 valence electrons. The van der Waals surface area contributed by atoms with Gasteiger partial charge >= 0.3 is 11.7 Å². The third-order valence-corrected chi connectivity index (χ3v) is 4.43. The third kappa shape index (κ3) is 4.06. The van der Waals surface area contributed by atoms with Crippen LogP contribution < -0.4 is 4.73 Å². The summed E-state index contributed by atoms with van der Waals surface area (Å²) in [5, 5.41) is 11.6. The molecule has 27 heavy (non-hydrogen) atoms. The molecule has 0 bridgehead atoms. The summed E-state index contributed by atoms with van der Waals surface area (Å²) in [5.41, 5.74) is 3.26. The van der Waals surface area contributed by atoms with E-state index in [1.807, 2.05) is 48.7 Å². The zero-order chi connectivity index (χ0) is 19.4. The number of aromatic nitrogens is 2. The Morgan fingerprint density at radius 3 is 2.48 bits per heavy atom. The molecule has 0 unspecified atom stereocenters. The average molecular weight is 364 g/mol. The molecule has 2 heterocycles. The Morgan fingerprint density at radius 1 is 1.07 bits per heavy atom. The standard InChI is InChI=1S/C21H20N2O4/c1-15-12-18(16(2)22(15)13-17-8-4-3-5-9-17)20(24)14-27-21(25)19-10-6-7-11-23(19)26/h3-12H,13-14H2,1-2H3. The summed E-state index contributed by atoms with van der Waals surface area (Å²) in [7, 11) is 0. The summed E-state index contributed by atoms with van der Waals surface area (Å²) in [6, 6.07) is 16.2. The van der Waals surface area contributed by atoms with E-state index in [4.69, 9.17) is 4.74 Å². The molecule has 3 rings (SSSR count). The molecule has 0 saturated heterocycles. The molecule has 0 atom stereocenters. The molecule has 2 aromatic heterocycles. The minimum Gasteiger partial charge on any atom is -0.618 e. The van der Waals surface area contributed by atoms with Crippen LogP contribution in [0, 0.1) is 19.1 Å². The Labute approximate surface area is 157 Å². The first-order chi connectivity index (χ1) is 13.0. The molecular formula is C21H20N2O4. The predicted molar refractivity (Wildman–Crippen MR) is 99.5 cm³/mol. The number of nitrogens with zero attached hydrogens (tertiary/aromatic N) is 2. The summed E-state index contributed by atoms with van der Waals surface area (Å²) < 4.78 is 7.49. The fraction of sp³-hybridized carbons (Fsp3) is 0.190. The highest BCUT2D eigenvalue weighted by atomic mass is 16.5. The van der Waals surface area contributed by atoms with E-state index >= 15 is 0 Å². The van der Waals surface area contributed by atoms with Gasteiger partial charge in [0.1, 0.15) is 0 Å². The molecule has 6 heteroatoms. The number of ketones is 1. The Morgan fingerprint density at radius 2 is 1.78 bits per heavy atom. The zero-order valence-electron chi connectivity index (χ0n) is 15.2. The molecule has 0 spiro atoms. The van der Waals surface area contributed by atoms with Gasteiger partial charge in [0.15, 0.2) is 12.8 Å². The van der Waals surface area contributed by atoms with Gasteiger partial charge in [-0.3, -0.25) is 4.79 Å². The van der Waals surface area contributed by atoms with Crippen LogP contribution >= 0.6 is 0 Å². The monoisotopic (exact) mass is 364 g/mol. The van der Waals surface area contributed by atoms with Gasteiger partial charge in [-0.05, 0) is 31.5 Å². The van der Waals surface area contributed by atoms with Crippen molar-refractivity contribution in [2.45, 2.75) is 20.4 Å². The van der Waals surface area contributed by atoms with Crippen molar-refractivity contribution in [3.05, 3.63) is 94.2 Å². The second-order valence-corrected chi connectivity index (χ2v) is 6.27. The molecule has 3 aromatic rings. The number of benzene rings is 1. The van der Waals surface area contributed by atoms with E-state index in [0.717, 1.165) is 17.0 Å². The quantitative estimate of drug-likeness (QED) is 0.292. The summed E-state index contributed by atoms with van der Waals surface area (Å²) >= 11 is 0. The summed E-state index contributed by atoms with van der Waals surface area (Å²) in [6.45, 7) is 4.05. The molecule has 1 aromatic carbocycles. The first-order valence-corrected chi connectivity index (χ1v) is 8.56. The average Bonchev–Trinajstić information content (AvgIpc) is 2.95. The number of ether oxygens (including phenoxy) is 1. The lowest BCUT2D eigenvalue weighted by Gasteiger charge is -2.10. The van der Waals surface area contributed by atoms with Crippen molar-refractivity contribution in [1.82, 2.24) is 4.57 Å². The van der Waals surface area contributed by atoms with Gasteiger partial charge in [-0.1, -0.05) is 30.3 Å². The van der Waals surface area contributed by atoms with Crippen LogP contribution in [0.25, 0.3) is 0 Å². The van der Waals surface area contributed by atoms with Gasteiger partial charge in [0, 0.05) is 35.6 Å². The van der Waals surface area contributed by atoms with Crippen LogP contribution in [0.1, 0.15) is 37.8 Å². The van der Waals surface area contributed by atoms with Crippen molar-refractivity contribution in [2.75, 3.05) is 6.61 Å². The number of hydrogen-bond donors (Lipinski definition) is 0. The first kappa shape index (κ1) is 18.4. The number of hydrogen-bond acceptors (Lipinski definition) is 4. The predicted octanol–water partition coefficient (Wildman–Crippen LogP) is 2.83. The van der Waals surface area contributed by atoms with Gasteiger partial charge in [0.25, 0.3) is 0 Å². The van der Waals surface area contributed by atoms with E-state index in [-0.39, 0.29) is 11.5 Å². The van der Waals surface area contributed by atoms with Gasteiger partial charge < -0.3 is 14.5 Å². The molecule has 0 amide bonds. The molecule has 0 fully saturated rings. The number of esters is 1. The van der Waals surface area contributed by atoms with Crippen LogP contribution in [0.3, 0.4) is 0 Å². The van der Waals surface area contributed by atoms with Gasteiger partial charge in [0.05, 0.1) is 0 Å². The van der Waals surface area contributed by atoms with Gasteiger partial charge in [-0.25, -0.2) is 4.79 Å². The second kappa shape index (κ2) is 7.86. The van der Waals surface area contributed by atoms with Crippen LogP contribution in [0.2, 0.25) is 0 Å². The first-order valence-electron chi connectivity index (χ1n) is 8.56. The van der Waals surface area contributed by atoms with Gasteiger partial charge in [0.2, 0.25) is 5.78 Å². The topological polar surface area (TPSA) is 75.2 Å². The lowest BCUT2D eigenvalue weighted by molar-refractivity contribution is -0.608. The maximum atomic E-state index is 12.5. The molecule has 0 aliphatic heterocycles. The smallest absolute Gasteiger partial charge is 0.405 e. The normalized spacial score (nSPS) is 10.6. The highest BCUT2D eigenvalue weighted by Crippen LogP contribution is 2.18. The Balaban J connectivity index is 1.71. The number of carbonyl (C=O) groups is 2. The Bertz CT molecular complexity index is 977. The number of carbonyl (C=O) groups excluding carboxylic acids is 2. The number of rotatable bonds is 6. The number of Topliss-reactive ketones (excluding diaryl/α,β-unsaturated/α-hetero) is 1. The Kier molecular flexibility index (Phi) is 5.35. The fourth-order valence-corrected chi connectivity index (χ4v) is 2.96. The second-order valence-electron chi connectivity index (χ2n) is 6.27. The highest BCUT2D eigenvalue weighted by molar-refractivity contribution is 6.00. The SMILES string of the molecule is Cc1cc(C(=O)COC(=O)c2cccc[n+]2[O-])c(C)n1Cc1ccccc1. The zero-order valence-corrected chi connectivity index (χ0v) is 15.2. The van der Waals surface area contributed by atoms with E-state index < -0.39 is 12.6 Å². The van der Waals surface area contributed by atoms with Crippen molar-refractivity contribution in [3.63, 3.8) is 0 Å². The van der Waals surface area contributed by atoms with Crippen molar-refractivity contribution >= 4 is 11.8 Å². The maximum Gasteiger partial charge on any atom is 0.405 e. The molecule has 0 aliphatic rings. The molecule has 6 nitrogen and oxygen atoms in total. The van der Waals surface area contributed by atoms with Crippen LogP contribution in [0.15, 0.2) is 60.8 Å². The maximum absolute atomic E-state index is 12.5. The van der Waals surface area contributed by atoms with Crippen LogP contribution in [-0.4, -0.2) is 22.9 Å². The van der Waals surface area contributed by atoms with Gasteiger partial charge in [-0.15, -0.1) is 0 Å². The van der Waals surface area contributed by atoms with E-state index in [2.05, 4.69) is 0 Å². The van der Waals surface area contributed by atoms with E-state index in [1.54, 1.807) is 12.1 Å². The summed E-state index contributed by atoms with van der Waals surface area (Å²) in [6.07, 6.45) is 1.20. The molecule has 0 radical (unpaired) electrons. The molecule has 0 N–H and O–H groups in total. The lowest BCUT2D eigenvalue weighted by atomic mass is 10.1. The third-order valence-electron chi connectivity index (χ3n) is 4.43. The van der Waals surface area contributed by atoms with Crippen molar-refractivity contribution in [1.29, 1.82) is 0 Å². The van der Waals surface area contributed by atoms with Gasteiger partial charge in [-0.2, -0.15) is 4.73 Å². The van der Waals surface area contributed by atoms with Crippen LogP contribution in [-0.2, 0) is 11.3 Å². The fourth-order valence-electron chi connectivity index (χ4n) is 2.96. The lowest BCUT2D eigenvalue weighted by Crippen LogP contribution is -2.35. The van der Waals surface area contributed by atoms with Crippen molar-refractivity contribution in [3.8, 4) is 0 Å². The van der Waals surface area contributed by atoms with Crippen molar-refractivity contribution < 1.29 is 19.1 Å². The van der Waals surface area contributed by atoms with Crippen molar-refractivity contribution in [2.24, 2.45) is 0 Å². The van der Waals surface area contributed by atoms with E-state index in [1.165, 1.54) is 18.3 Å². The number of pyridine rings is 1. The summed E-state index contributed by atoms with van der Waals surface area (Å²) in [5.74, 6) is -1.12. The summed E-state index contributed by atoms with van der Waals surface area (Å²) in [4.78, 5) is 24.5. The van der Waals surface area contributed by atoms with Crippen LogP contribution in [0.5, 0.6) is 0 Å². The molecule has 0 saturated carbocycles. The van der Waals surface area contributed by atoms with E-state index in [9.17, 15) is 14.8 Å².